The van der Waals surface area contributed by atoms with Gasteiger partial charge in [-0.05, 0) is 35.4 Å². The number of likely N-dealkylation sites (tertiary alicyclic amines) is 1. The Morgan fingerprint density at radius 1 is 0.895 bits per heavy atom. The van der Waals surface area contributed by atoms with E-state index in [1.807, 2.05) is 36.4 Å². The molecule has 188 valence electrons. The molecule has 7 rings (SSSR count). The van der Waals surface area contributed by atoms with Gasteiger partial charge in [0.1, 0.15) is 11.2 Å². The van der Waals surface area contributed by atoms with Crippen LogP contribution in [0, 0.1) is 0 Å². The molecule has 0 saturated carbocycles. The summed E-state index contributed by atoms with van der Waals surface area (Å²) >= 11 is 0. The van der Waals surface area contributed by atoms with Crippen LogP contribution in [0.15, 0.2) is 73.6 Å². The molecular formula is C28H22F2N8. The largest absolute Gasteiger partial charge is 0.335 e. The Labute approximate surface area is 215 Å². The summed E-state index contributed by atoms with van der Waals surface area (Å²) in [6, 6.07) is 11.9. The van der Waals surface area contributed by atoms with Crippen LogP contribution < -0.4 is 0 Å². The van der Waals surface area contributed by atoms with Gasteiger partial charge < -0.3 is 4.98 Å². The fourth-order valence-corrected chi connectivity index (χ4v) is 5.08. The highest BCUT2D eigenvalue weighted by atomic mass is 19.3. The summed E-state index contributed by atoms with van der Waals surface area (Å²) in [5, 5.41) is 8.55. The summed E-state index contributed by atoms with van der Waals surface area (Å²) in [5.74, 6) is -1.98. The van der Waals surface area contributed by atoms with Gasteiger partial charge in [-0.15, -0.1) is 0 Å². The normalized spacial score (nSPS) is 15.5. The molecule has 8 nitrogen and oxygen atoms in total. The Morgan fingerprint density at radius 3 is 2.63 bits per heavy atom. The minimum Gasteiger partial charge on any atom is -0.335 e. The quantitative estimate of drug-likeness (QED) is 0.321. The van der Waals surface area contributed by atoms with Gasteiger partial charge in [-0.3, -0.25) is 25.0 Å². The molecule has 0 aliphatic carbocycles. The highest BCUT2D eigenvalue weighted by molar-refractivity contribution is 5.97. The first-order valence-corrected chi connectivity index (χ1v) is 12.3. The molecule has 6 aromatic rings. The maximum atomic E-state index is 13.6. The van der Waals surface area contributed by atoms with Crippen molar-refractivity contribution in [3.05, 3.63) is 79.1 Å². The number of H-pyrrole nitrogens is 2. The summed E-state index contributed by atoms with van der Waals surface area (Å²) in [4.78, 5) is 23.0. The Balaban J connectivity index is 1.24. The van der Waals surface area contributed by atoms with Crippen LogP contribution in [0.2, 0.25) is 0 Å². The van der Waals surface area contributed by atoms with Crippen molar-refractivity contribution >= 4 is 21.9 Å². The number of nitrogens with zero attached hydrogens (tertiary/aromatic N) is 6. The zero-order valence-electron chi connectivity index (χ0n) is 20.2. The molecule has 0 amide bonds. The number of aromatic amines is 2. The average Bonchev–Trinajstić information content (AvgIpc) is 3.64. The Hall–Kier alpha value is -4.57. The van der Waals surface area contributed by atoms with E-state index >= 15 is 0 Å². The third-order valence-electron chi connectivity index (χ3n) is 6.94. The van der Waals surface area contributed by atoms with Crippen molar-refractivity contribution in [3.8, 4) is 33.8 Å². The maximum Gasteiger partial charge on any atom is 0.261 e. The van der Waals surface area contributed by atoms with Crippen LogP contribution in [0.25, 0.3) is 55.7 Å². The molecule has 0 spiro atoms. The van der Waals surface area contributed by atoms with E-state index in [2.05, 4.69) is 30.1 Å². The van der Waals surface area contributed by atoms with E-state index in [-0.39, 0.29) is 13.0 Å². The number of aromatic nitrogens is 7. The fraction of sp³-hybridized carbons (Fsp3) is 0.179. The van der Waals surface area contributed by atoms with Crippen molar-refractivity contribution in [1.82, 2.24) is 40.0 Å². The van der Waals surface area contributed by atoms with Crippen molar-refractivity contribution in [3.63, 3.8) is 0 Å². The number of benzene rings is 1. The molecule has 5 aromatic heterocycles. The molecule has 0 bridgehead atoms. The van der Waals surface area contributed by atoms with Crippen molar-refractivity contribution in [2.45, 2.75) is 18.9 Å². The van der Waals surface area contributed by atoms with Crippen LogP contribution in [0.1, 0.15) is 12.0 Å². The number of fused-ring (bicyclic) bond motifs is 2. The van der Waals surface area contributed by atoms with Crippen molar-refractivity contribution in [1.29, 1.82) is 0 Å². The smallest absolute Gasteiger partial charge is 0.261 e. The van der Waals surface area contributed by atoms with Gasteiger partial charge in [-0.2, -0.15) is 5.10 Å². The first-order valence-electron chi connectivity index (χ1n) is 12.3. The lowest BCUT2D eigenvalue weighted by molar-refractivity contribution is 0.0115. The number of imidazole rings is 1. The minimum atomic E-state index is -2.61. The second-order valence-corrected chi connectivity index (χ2v) is 9.64. The maximum absolute atomic E-state index is 13.6. The first kappa shape index (κ1) is 22.6. The van der Waals surface area contributed by atoms with E-state index in [1.165, 1.54) is 0 Å². The van der Waals surface area contributed by atoms with Gasteiger partial charge >= 0.3 is 0 Å². The molecule has 1 fully saturated rings. The van der Waals surface area contributed by atoms with Gasteiger partial charge in [0.05, 0.1) is 23.8 Å². The SMILES string of the molecule is FC1(F)CCN(Cc2cncc(-c3ccc4[nH]nc(-c5nc6c(-c7cccnc7)cncc6[nH]5)c4c3)c2)C1. The highest BCUT2D eigenvalue weighted by Gasteiger charge is 2.37. The second kappa shape index (κ2) is 8.77. The molecule has 10 heteroatoms. The van der Waals surface area contributed by atoms with Crippen LogP contribution in [0.5, 0.6) is 0 Å². The highest BCUT2D eigenvalue weighted by Crippen LogP contribution is 2.33. The molecule has 0 radical (unpaired) electrons. The third kappa shape index (κ3) is 4.08. The summed E-state index contributed by atoms with van der Waals surface area (Å²) < 4.78 is 27.3. The van der Waals surface area contributed by atoms with E-state index in [9.17, 15) is 8.78 Å². The van der Waals surface area contributed by atoms with E-state index in [0.29, 0.717) is 24.6 Å². The van der Waals surface area contributed by atoms with Crippen molar-refractivity contribution in [2.24, 2.45) is 0 Å². The molecular weight excluding hydrogens is 486 g/mol. The standard InChI is InChI=1S/C28H22F2N8/c29-28(30)5-7-38(16-28)15-17-8-20(12-32-10-17)18-3-4-23-21(9-18)26(37-36-23)27-34-24-14-33-13-22(25(24)35-27)19-2-1-6-31-11-19/h1-4,6,8-14H,5,7,15-16H2,(H,34,35)(H,36,37). The fourth-order valence-electron chi connectivity index (χ4n) is 5.08. The third-order valence-corrected chi connectivity index (χ3v) is 6.94. The molecule has 1 aromatic carbocycles. The second-order valence-electron chi connectivity index (χ2n) is 9.64. The molecule has 38 heavy (non-hydrogen) atoms. The molecule has 0 atom stereocenters. The first-order chi connectivity index (χ1) is 18.5. The van der Waals surface area contributed by atoms with Crippen LogP contribution in [-0.2, 0) is 6.54 Å². The van der Waals surface area contributed by atoms with Gasteiger partial charge in [0, 0.05) is 72.6 Å². The lowest BCUT2D eigenvalue weighted by atomic mass is 10.0. The van der Waals surface area contributed by atoms with Crippen LogP contribution in [0.3, 0.4) is 0 Å². The molecule has 0 unspecified atom stereocenters. The van der Waals surface area contributed by atoms with E-state index < -0.39 is 5.92 Å². The molecule has 1 aliphatic heterocycles. The number of alkyl halides is 2. The molecule has 1 saturated heterocycles. The monoisotopic (exact) mass is 508 g/mol. The molecule has 1 aliphatic rings. The van der Waals surface area contributed by atoms with Gasteiger partial charge in [0.25, 0.3) is 5.92 Å². The minimum absolute atomic E-state index is 0.0956. The lowest BCUT2D eigenvalue weighted by Crippen LogP contribution is -2.24. The number of pyridine rings is 3. The number of hydrogen-bond acceptors (Lipinski definition) is 6. The Bertz CT molecular complexity index is 1780. The van der Waals surface area contributed by atoms with Crippen LogP contribution in [0.4, 0.5) is 8.78 Å². The summed E-state index contributed by atoms with van der Waals surface area (Å²) in [5.41, 5.74) is 7.75. The molecule has 2 N–H and O–H groups in total. The van der Waals surface area contributed by atoms with Gasteiger partial charge in [-0.25, -0.2) is 13.8 Å². The van der Waals surface area contributed by atoms with Crippen molar-refractivity contribution in [2.75, 3.05) is 13.1 Å². The van der Waals surface area contributed by atoms with Gasteiger partial charge in [0.15, 0.2) is 5.82 Å². The van der Waals surface area contributed by atoms with Crippen molar-refractivity contribution < 1.29 is 8.78 Å². The summed E-state index contributed by atoms with van der Waals surface area (Å²) in [6.07, 6.45) is 10.5. The average molecular weight is 509 g/mol. The summed E-state index contributed by atoms with van der Waals surface area (Å²) in [7, 11) is 0. The molecule has 6 heterocycles. The predicted molar refractivity (Wildman–Crippen MR) is 140 cm³/mol. The number of nitrogens with one attached hydrogen (secondary N) is 2. The van der Waals surface area contributed by atoms with E-state index in [0.717, 1.165) is 49.8 Å². The topological polar surface area (TPSA) is 99.3 Å². The lowest BCUT2D eigenvalue weighted by Gasteiger charge is -2.15. The van der Waals surface area contributed by atoms with Crippen LogP contribution >= 0.6 is 0 Å². The predicted octanol–water partition coefficient (Wildman–Crippen LogP) is 5.47. The Kier molecular flexibility index (Phi) is 5.22. The number of halogens is 2. The summed E-state index contributed by atoms with van der Waals surface area (Å²) in [6.45, 7) is 0.621. The van der Waals surface area contributed by atoms with E-state index in [4.69, 9.17) is 4.98 Å². The zero-order valence-corrected chi connectivity index (χ0v) is 20.2. The number of rotatable bonds is 5. The van der Waals surface area contributed by atoms with Crippen LogP contribution in [-0.4, -0.2) is 59.0 Å². The number of hydrogen-bond donors (Lipinski definition) is 2. The zero-order chi connectivity index (χ0) is 25.7. The van der Waals surface area contributed by atoms with E-state index in [1.54, 1.807) is 42.1 Å². The van der Waals surface area contributed by atoms with Gasteiger partial charge in [-0.1, -0.05) is 12.1 Å². The van der Waals surface area contributed by atoms with Gasteiger partial charge in [0.2, 0.25) is 0 Å². The Morgan fingerprint density at radius 2 is 1.79 bits per heavy atom.